The molecule has 3 rings (SSSR count). The Morgan fingerprint density at radius 2 is 2.26 bits per heavy atom. The second-order valence-corrected chi connectivity index (χ2v) is 6.27. The Hall–Kier alpha value is -1.80. The van der Waals surface area contributed by atoms with E-state index in [9.17, 15) is 0 Å². The highest BCUT2D eigenvalue weighted by Gasteiger charge is 2.27. The summed E-state index contributed by atoms with van der Waals surface area (Å²) in [7, 11) is 0. The zero-order valence-corrected chi connectivity index (χ0v) is 14.0. The Kier molecular flexibility index (Phi) is 5.02. The fourth-order valence-corrected chi connectivity index (χ4v) is 2.75. The van der Waals surface area contributed by atoms with Crippen molar-refractivity contribution >= 4 is 0 Å². The van der Waals surface area contributed by atoms with Gasteiger partial charge in [-0.1, -0.05) is 19.0 Å². The normalized spacial score (nSPS) is 19.6. The van der Waals surface area contributed by atoms with Crippen LogP contribution in [0.5, 0.6) is 0 Å². The van der Waals surface area contributed by atoms with Crippen molar-refractivity contribution in [3.63, 3.8) is 0 Å². The van der Waals surface area contributed by atoms with E-state index in [2.05, 4.69) is 46.0 Å². The Bertz CT molecular complexity index is 623. The minimum Gasteiger partial charge on any atom is -0.368 e. The molecule has 1 aliphatic heterocycles. The zero-order chi connectivity index (χ0) is 16.2. The smallest absolute Gasteiger partial charge is 0.240 e. The van der Waals surface area contributed by atoms with E-state index >= 15 is 0 Å². The van der Waals surface area contributed by atoms with Crippen molar-refractivity contribution in [1.82, 2.24) is 29.8 Å². The molecule has 8 heteroatoms. The number of hydrogen-bond acceptors (Lipinski definition) is 7. The predicted octanol–water partition coefficient (Wildman–Crippen LogP) is 1.45. The van der Waals surface area contributed by atoms with Crippen LogP contribution >= 0.6 is 0 Å². The maximum atomic E-state index is 5.86. The lowest BCUT2D eigenvalue weighted by Gasteiger charge is -2.31. The van der Waals surface area contributed by atoms with Gasteiger partial charge in [-0.25, -0.2) is 0 Å². The van der Waals surface area contributed by atoms with Gasteiger partial charge in [0, 0.05) is 26.1 Å². The second-order valence-electron chi connectivity index (χ2n) is 6.27. The van der Waals surface area contributed by atoms with E-state index < -0.39 is 0 Å². The molecule has 2 aromatic rings. The number of aryl methyl sites for hydroxylation is 1. The van der Waals surface area contributed by atoms with Crippen LogP contribution in [0.15, 0.2) is 10.9 Å². The number of ether oxygens (including phenoxy) is 1. The lowest BCUT2D eigenvalue weighted by atomic mass is 10.1. The van der Waals surface area contributed by atoms with Crippen LogP contribution < -0.4 is 0 Å². The van der Waals surface area contributed by atoms with Gasteiger partial charge < -0.3 is 13.8 Å². The van der Waals surface area contributed by atoms with Crippen LogP contribution in [-0.4, -0.2) is 49.5 Å². The molecule has 0 N–H and O–H groups in total. The molecule has 0 unspecified atom stereocenters. The Morgan fingerprint density at radius 3 is 3.04 bits per heavy atom. The largest absolute Gasteiger partial charge is 0.368 e. The van der Waals surface area contributed by atoms with Gasteiger partial charge in [0.15, 0.2) is 11.6 Å². The number of nitrogens with zero attached hydrogens (tertiary/aromatic N) is 6. The topological polar surface area (TPSA) is 82.1 Å². The highest BCUT2D eigenvalue weighted by atomic mass is 16.5. The van der Waals surface area contributed by atoms with E-state index in [-0.39, 0.29) is 6.10 Å². The van der Waals surface area contributed by atoms with Crippen LogP contribution in [0, 0.1) is 5.92 Å². The van der Waals surface area contributed by atoms with Crippen molar-refractivity contribution < 1.29 is 9.26 Å². The molecule has 0 radical (unpaired) electrons. The van der Waals surface area contributed by atoms with Crippen molar-refractivity contribution in [3.8, 4) is 0 Å². The Morgan fingerprint density at radius 1 is 1.39 bits per heavy atom. The van der Waals surface area contributed by atoms with Crippen molar-refractivity contribution in [2.45, 2.75) is 46.4 Å². The number of aromatic nitrogens is 5. The van der Waals surface area contributed by atoms with Gasteiger partial charge in [-0.2, -0.15) is 4.98 Å². The average Bonchev–Trinajstić information content (AvgIpc) is 3.16. The molecular weight excluding hydrogens is 296 g/mol. The van der Waals surface area contributed by atoms with Crippen LogP contribution in [0.2, 0.25) is 0 Å². The van der Waals surface area contributed by atoms with Gasteiger partial charge >= 0.3 is 0 Å². The molecule has 0 aromatic carbocycles. The predicted molar refractivity (Wildman–Crippen MR) is 82.5 cm³/mol. The minimum atomic E-state index is -0.0655. The van der Waals surface area contributed by atoms with Crippen LogP contribution in [0.1, 0.15) is 44.4 Å². The summed E-state index contributed by atoms with van der Waals surface area (Å²) in [5, 5.41) is 12.2. The first-order valence-corrected chi connectivity index (χ1v) is 8.18. The highest BCUT2D eigenvalue weighted by Crippen LogP contribution is 2.21. The fraction of sp³-hybridized carbons (Fsp3) is 0.733. The van der Waals surface area contributed by atoms with E-state index in [1.54, 1.807) is 6.33 Å². The fourth-order valence-electron chi connectivity index (χ4n) is 2.75. The third kappa shape index (κ3) is 3.94. The zero-order valence-electron chi connectivity index (χ0n) is 14.0. The number of rotatable bonds is 6. The summed E-state index contributed by atoms with van der Waals surface area (Å²) in [6.07, 6.45) is 2.52. The molecule has 3 heterocycles. The molecule has 0 saturated carbocycles. The van der Waals surface area contributed by atoms with Gasteiger partial charge in [0.05, 0.1) is 13.2 Å². The van der Waals surface area contributed by atoms with Gasteiger partial charge in [0.1, 0.15) is 12.4 Å². The van der Waals surface area contributed by atoms with Crippen molar-refractivity contribution in [3.05, 3.63) is 23.9 Å². The first-order valence-electron chi connectivity index (χ1n) is 8.18. The molecule has 0 aliphatic carbocycles. The van der Waals surface area contributed by atoms with E-state index in [0.717, 1.165) is 37.7 Å². The second kappa shape index (κ2) is 7.18. The van der Waals surface area contributed by atoms with E-state index in [4.69, 9.17) is 9.26 Å². The summed E-state index contributed by atoms with van der Waals surface area (Å²) >= 11 is 0. The summed E-state index contributed by atoms with van der Waals surface area (Å²) in [6.45, 7) is 10.1. The van der Waals surface area contributed by atoms with Gasteiger partial charge in [0.2, 0.25) is 5.89 Å². The molecule has 1 saturated heterocycles. The molecular formula is C15H24N6O2. The standard InChI is InChI=1S/C15H24N6O2/c1-4-21-10-16-18-15(21)12-8-20(5-6-22-12)9-14-17-13(19-23-14)7-11(2)3/h10-12H,4-9H2,1-3H3/t12-/m1/s1. The van der Waals surface area contributed by atoms with Gasteiger partial charge in [-0.05, 0) is 12.8 Å². The summed E-state index contributed by atoms with van der Waals surface area (Å²) in [5.41, 5.74) is 0. The van der Waals surface area contributed by atoms with Gasteiger partial charge in [0.25, 0.3) is 0 Å². The number of hydrogen-bond donors (Lipinski definition) is 0. The van der Waals surface area contributed by atoms with E-state index in [1.165, 1.54) is 0 Å². The SMILES string of the molecule is CCn1cnnc1[C@H]1CN(Cc2nc(CC(C)C)no2)CCO1. The first kappa shape index (κ1) is 16.1. The van der Waals surface area contributed by atoms with Gasteiger partial charge in [-0.3, -0.25) is 4.90 Å². The lowest BCUT2D eigenvalue weighted by molar-refractivity contribution is -0.0414. The summed E-state index contributed by atoms with van der Waals surface area (Å²) in [6, 6.07) is 0. The van der Waals surface area contributed by atoms with Crippen LogP contribution in [0.25, 0.3) is 0 Å². The quantitative estimate of drug-likeness (QED) is 0.796. The molecule has 8 nitrogen and oxygen atoms in total. The maximum Gasteiger partial charge on any atom is 0.240 e. The highest BCUT2D eigenvalue weighted by molar-refractivity contribution is 4.96. The Balaban J connectivity index is 1.61. The molecule has 1 atom stereocenters. The van der Waals surface area contributed by atoms with Crippen LogP contribution in [0.4, 0.5) is 0 Å². The number of morpholine rings is 1. The van der Waals surface area contributed by atoms with E-state index in [0.29, 0.717) is 25.0 Å². The molecule has 0 amide bonds. The third-order valence-corrected chi connectivity index (χ3v) is 3.88. The molecule has 2 aromatic heterocycles. The summed E-state index contributed by atoms with van der Waals surface area (Å²) < 4.78 is 13.2. The maximum absolute atomic E-state index is 5.86. The summed E-state index contributed by atoms with van der Waals surface area (Å²) in [4.78, 5) is 6.73. The van der Waals surface area contributed by atoms with Crippen molar-refractivity contribution in [2.24, 2.45) is 5.92 Å². The molecule has 1 fully saturated rings. The third-order valence-electron chi connectivity index (χ3n) is 3.88. The average molecular weight is 320 g/mol. The van der Waals surface area contributed by atoms with Crippen LogP contribution in [-0.2, 0) is 24.2 Å². The molecule has 1 aliphatic rings. The Labute approximate surface area is 135 Å². The summed E-state index contributed by atoms with van der Waals surface area (Å²) in [5.74, 6) is 2.85. The molecule has 23 heavy (non-hydrogen) atoms. The monoisotopic (exact) mass is 320 g/mol. The minimum absolute atomic E-state index is 0.0655. The van der Waals surface area contributed by atoms with Gasteiger partial charge in [-0.15, -0.1) is 10.2 Å². The first-order chi connectivity index (χ1) is 11.2. The van der Waals surface area contributed by atoms with E-state index in [1.807, 2.05) is 4.57 Å². The lowest BCUT2D eigenvalue weighted by Crippen LogP contribution is -2.38. The van der Waals surface area contributed by atoms with Crippen LogP contribution in [0.3, 0.4) is 0 Å². The van der Waals surface area contributed by atoms with Crippen molar-refractivity contribution in [1.29, 1.82) is 0 Å². The molecule has 126 valence electrons. The van der Waals surface area contributed by atoms with Crippen molar-refractivity contribution in [2.75, 3.05) is 19.7 Å². The molecule has 0 bridgehead atoms. The molecule has 0 spiro atoms.